The lowest BCUT2D eigenvalue weighted by Gasteiger charge is -2.15. The van der Waals surface area contributed by atoms with E-state index in [4.69, 9.17) is 5.11 Å². The van der Waals surface area contributed by atoms with E-state index in [9.17, 15) is 9.59 Å². The maximum atomic E-state index is 11.5. The standard InChI is InChI=1S/C14H22N2O3/c1-2-6-12(13(17)18)16-14(19)15-10-9-11-7-4-3-5-8-11/h2,7,12H,1,3-6,8-10H2,(H,17,18)(H2,15,16,19). The van der Waals surface area contributed by atoms with Crippen molar-refractivity contribution in [1.29, 1.82) is 0 Å². The van der Waals surface area contributed by atoms with Gasteiger partial charge in [0.2, 0.25) is 0 Å². The molecule has 0 saturated heterocycles. The number of allylic oxidation sites excluding steroid dienone is 1. The van der Waals surface area contributed by atoms with Crippen LogP contribution in [0.15, 0.2) is 24.3 Å². The number of carbonyl (C=O) groups excluding carboxylic acids is 1. The van der Waals surface area contributed by atoms with E-state index in [0.717, 1.165) is 19.3 Å². The summed E-state index contributed by atoms with van der Waals surface area (Å²) in [5.41, 5.74) is 1.38. The second-order valence-electron chi connectivity index (χ2n) is 4.67. The van der Waals surface area contributed by atoms with Gasteiger partial charge in [-0.15, -0.1) is 6.58 Å². The van der Waals surface area contributed by atoms with Crippen LogP contribution in [-0.2, 0) is 4.79 Å². The molecule has 0 fully saturated rings. The van der Waals surface area contributed by atoms with E-state index >= 15 is 0 Å². The van der Waals surface area contributed by atoms with Crippen molar-refractivity contribution in [2.75, 3.05) is 6.54 Å². The maximum Gasteiger partial charge on any atom is 0.326 e. The molecule has 1 aliphatic carbocycles. The van der Waals surface area contributed by atoms with Crippen molar-refractivity contribution >= 4 is 12.0 Å². The summed E-state index contributed by atoms with van der Waals surface area (Å²) in [5, 5.41) is 14.0. The molecule has 0 aromatic carbocycles. The van der Waals surface area contributed by atoms with Gasteiger partial charge >= 0.3 is 12.0 Å². The van der Waals surface area contributed by atoms with E-state index in [2.05, 4.69) is 23.3 Å². The number of rotatable bonds is 7. The molecular weight excluding hydrogens is 244 g/mol. The summed E-state index contributed by atoms with van der Waals surface area (Å²) in [5.74, 6) is -1.05. The Hall–Kier alpha value is -1.78. The van der Waals surface area contributed by atoms with Crippen LogP contribution in [0.4, 0.5) is 4.79 Å². The number of carbonyl (C=O) groups is 2. The van der Waals surface area contributed by atoms with E-state index in [0.29, 0.717) is 6.54 Å². The highest BCUT2D eigenvalue weighted by Gasteiger charge is 2.17. The Bertz CT molecular complexity index is 364. The third-order valence-electron chi connectivity index (χ3n) is 3.12. The van der Waals surface area contributed by atoms with Gasteiger partial charge in [0, 0.05) is 6.54 Å². The smallest absolute Gasteiger partial charge is 0.326 e. The van der Waals surface area contributed by atoms with Crippen LogP contribution in [-0.4, -0.2) is 29.7 Å². The summed E-state index contributed by atoms with van der Waals surface area (Å²) >= 11 is 0. The van der Waals surface area contributed by atoms with Gasteiger partial charge in [-0.3, -0.25) is 0 Å². The third kappa shape index (κ3) is 6.08. The van der Waals surface area contributed by atoms with Crippen LogP contribution < -0.4 is 10.6 Å². The Morgan fingerprint density at radius 1 is 1.47 bits per heavy atom. The zero-order chi connectivity index (χ0) is 14.1. The number of urea groups is 1. The Labute approximate surface area is 113 Å². The Balaban J connectivity index is 2.24. The topological polar surface area (TPSA) is 78.4 Å². The van der Waals surface area contributed by atoms with Crippen LogP contribution in [0.25, 0.3) is 0 Å². The van der Waals surface area contributed by atoms with Gasteiger partial charge in [-0.1, -0.05) is 17.7 Å². The van der Waals surface area contributed by atoms with Gasteiger partial charge in [-0.2, -0.15) is 0 Å². The molecule has 2 amide bonds. The zero-order valence-corrected chi connectivity index (χ0v) is 11.2. The number of carboxylic acids is 1. The van der Waals surface area contributed by atoms with Crippen molar-refractivity contribution < 1.29 is 14.7 Å². The van der Waals surface area contributed by atoms with Crippen LogP contribution in [0, 0.1) is 0 Å². The zero-order valence-electron chi connectivity index (χ0n) is 11.2. The molecular formula is C14H22N2O3. The van der Waals surface area contributed by atoms with Crippen molar-refractivity contribution in [3.63, 3.8) is 0 Å². The molecule has 0 radical (unpaired) electrons. The van der Waals surface area contributed by atoms with Crippen molar-refractivity contribution in [3.05, 3.63) is 24.3 Å². The fourth-order valence-electron chi connectivity index (χ4n) is 2.07. The van der Waals surface area contributed by atoms with Crippen LogP contribution in [0.5, 0.6) is 0 Å². The molecule has 0 heterocycles. The highest BCUT2D eigenvalue weighted by atomic mass is 16.4. The van der Waals surface area contributed by atoms with Gasteiger partial charge < -0.3 is 15.7 Å². The van der Waals surface area contributed by atoms with E-state index in [-0.39, 0.29) is 6.42 Å². The van der Waals surface area contributed by atoms with Gasteiger partial charge in [0.15, 0.2) is 0 Å². The first-order valence-electron chi connectivity index (χ1n) is 6.69. The average Bonchev–Trinajstić information content (AvgIpc) is 2.39. The summed E-state index contributed by atoms with van der Waals surface area (Å²) in [6.45, 7) is 4.01. The fraction of sp³-hybridized carbons (Fsp3) is 0.571. The number of nitrogens with one attached hydrogen (secondary N) is 2. The number of amides is 2. The minimum atomic E-state index is -1.05. The van der Waals surface area contributed by atoms with Crippen molar-refractivity contribution in [1.82, 2.24) is 10.6 Å². The maximum absolute atomic E-state index is 11.5. The summed E-state index contributed by atoms with van der Waals surface area (Å²) in [4.78, 5) is 22.4. The molecule has 1 rings (SSSR count). The van der Waals surface area contributed by atoms with E-state index < -0.39 is 18.0 Å². The number of aliphatic carboxylic acids is 1. The molecule has 0 aliphatic heterocycles. The van der Waals surface area contributed by atoms with Gasteiger partial charge in [0.25, 0.3) is 0 Å². The monoisotopic (exact) mass is 266 g/mol. The van der Waals surface area contributed by atoms with E-state index in [1.807, 2.05) is 0 Å². The van der Waals surface area contributed by atoms with Crippen molar-refractivity contribution in [2.45, 2.75) is 44.6 Å². The fourth-order valence-corrected chi connectivity index (χ4v) is 2.07. The Morgan fingerprint density at radius 3 is 2.84 bits per heavy atom. The van der Waals surface area contributed by atoms with Crippen molar-refractivity contribution in [3.8, 4) is 0 Å². The normalized spacial score (nSPS) is 16.1. The van der Waals surface area contributed by atoms with Gasteiger partial charge in [-0.25, -0.2) is 9.59 Å². The minimum absolute atomic E-state index is 0.216. The summed E-state index contributed by atoms with van der Waals surface area (Å²) in [7, 11) is 0. The second-order valence-corrected chi connectivity index (χ2v) is 4.67. The first-order chi connectivity index (χ1) is 9.13. The van der Waals surface area contributed by atoms with Gasteiger partial charge in [-0.05, 0) is 38.5 Å². The summed E-state index contributed by atoms with van der Waals surface area (Å²) in [6, 6.07) is -1.35. The molecule has 0 aromatic heterocycles. The van der Waals surface area contributed by atoms with Gasteiger partial charge in [0.1, 0.15) is 6.04 Å². The number of hydrogen-bond acceptors (Lipinski definition) is 2. The molecule has 0 saturated carbocycles. The Morgan fingerprint density at radius 2 is 2.26 bits per heavy atom. The first kappa shape index (κ1) is 15.3. The average molecular weight is 266 g/mol. The molecule has 5 heteroatoms. The van der Waals surface area contributed by atoms with E-state index in [1.54, 1.807) is 0 Å². The van der Waals surface area contributed by atoms with Crippen LogP contribution in [0.2, 0.25) is 0 Å². The number of carboxylic acid groups (broad SMARTS) is 1. The SMILES string of the molecule is C=CCC(NC(=O)NCCC1=CCCCC1)C(=O)O. The first-order valence-corrected chi connectivity index (χ1v) is 6.69. The summed E-state index contributed by atoms with van der Waals surface area (Å²) < 4.78 is 0. The molecule has 0 aromatic rings. The molecule has 1 aliphatic rings. The van der Waals surface area contributed by atoms with Crippen LogP contribution >= 0.6 is 0 Å². The minimum Gasteiger partial charge on any atom is -0.480 e. The molecule has 19 heavy (non-hydrogen) atoms. The third-order valence-corrected chi connectivity index (χ3v) is 3.12. The molecule has 0 spiro atoms. The molecule has 5 nitrogen and oxygen atoms in total. The van der Waals surface area contributed by atoms with E-state index in [1.165, 1.54) is 24.5 Å². The quantitative estimate of drug-likeness (QED) is 0.618. The molecule has 3 N–H and O–H groups in total. The lowest BCUT2D eigenvalue weighted by atomic mass is 9.97. The highest BCUT2D eigenvalue weighted by Crippen LogP contribution is 2.19. The lowest BCUT2D eigenvalue weighted by Crippen LogP contribution is -2.46. The molecule has 106 valence electrons. The predicted octanol–water partition coefficient (Wildman–Crippen LogP) is 2.21. The Kier molecular flexibility index (Phi) is 6.71. The summed E-state index contributed by atoms with van der Waals surface area (Å²) in [6.07, 6.45) is 9.48. The largest absolute Gasteiger partial charge is 0.480 e. The number of hydrogen-bond donors (Lipinski definition) is 3. The molecule has 1 unspecified atom stereocenters. The van der Waals surface area contributed by atoms with Crippen LogP contribution in [0.1, 0.15) is 38.5 Å². The lowest BCUT2D eigenvalue weighted by molar-refractivity contribution is -0.139. The van der Waals surface area contributed by atoms with Gasteiger partial charge in [0.05, 0.1) is 0 Å². The molecule has 0 bridgehead atoms. The molecule has 1 atom stereocenters. The van der Waals surface area contributed by atoms with Crippen molar-refractivity contribution in [2.24, 2.45) is 0 Å². The highest BCUT2D eigenvalue weighted by molar-refractivity contribution is 5.82. The predicted molar refractivity (Wildman–Crippen MR) is 73.9 cm³/mol. The second kappa shape index (κ2) is 8.34. The van der Waals surface area contributed by atoms with Crippen LogP contribution in [0.3, 0.4) is 0 Å².